The number of hydrogen-bond acceptors (Lipinski definition) is 2. The molecule has 1 unspecified atom stereocenters. The van der Waals surface area contributed by atoms with Crippen LogP contribution in [0.4, 0.5) is 0 Å². The predicted molar refractivity (Wildman–Crippen MR) is 62.8 cm³/mol. The highest BCUT2D eigenvalue weighted by atomic mass is 16.3. The second-order valence-corrected chi connectivity index (χ2v) is 5.09. The van der Waals surface area contributed by atoms with Gasteiger partial charge in [-0.15, -0.1) is 0 Å². The molecule has 0 saturated heterocycles. The van der Waals surface area contributed by atoms with Crippen LogP contribution in [0.1, 0.15) is 41.5 Å². The van der Waals surface area contributed by atoms with Gasteiger partial charge in [-0.2, -0.15) is 0 Å². The highest BCUT2D eigenvalue weighted by Gasteiger charge is 2.25. The van der Waals surface area contributed by atoms with Crippen LogP contribution in [0.5, 0.6) is 5.75 Å². The van der Waals surface area contributed by atoms with Gasteiger partial charge in [-0.1, -0.05) is 0 Å². The Morgan fingerprint density at radius 1 is 1.00 bits per heavy atom. The van der Waals surface area contributed by atoms with Crippen LogP contribution in [0.2, 0.25) is 0 Å². The Kier molecular flexibility index (Phi) is 2.40. The van der Waals surface area contributed by atoms with Crippen LogP contribution in [-0.2, 0) is 25.7 Å². The van der Waals surface area contributed by atoms with Gasteiger partial charge >= 0.3 is 0 Å². The Morgan fingerprint density at radius 2 is 1.81 bits per heavy atom. The van der Waals surface area contributed by atoms with Crippen LogP contribution in [0.3, 0.4) is 0 Å². The topological polar surface area (TPSA) is 40.5 Å². The molecule has 0 heterocycles. The molecule has 1 atom stereocenters. The van der Waals surface area contributed by atoms with Gasteiger partial charge in [0.25, 0.3) is 0 Å². The Labute approximate surface area is 95.9 Å². The Bertz CT molecular complexity index is 423. The molecule has 2 nitrogen and oxygen atoms in total. The van der Waals surface area contributed by atoms with E-state index in [9.17, 15) is 10.2 Å². The third kappa shape index (κ3) is 1.52. The molecular formula is C14H18O2. The second-order valence-electron chi connectivity index (χ2n) is 5.09. The predicted octanol–water partition coefficient (Wildman–Crippen LogP) is 2.12. The summed E-state index contributed by atoms with van der Waals surface area (Å²) < 4.78 is 0. The van der Waals surface area contributed by atoms with E-state index in [-0.39, 0.29) is 6.10 Å². The summed E-state index contributed by atoms with van der Waals surface area (Å²) >= 11 is 0. The molecule has 86 valence electrons. The Balaban J connectivity index is 2.15. The minimum Gasteiger partial charge on any atom is -0.508 e. The third-order valence-electron chi connectivity index (χ3n) is 4.03. The number of hydrogen-bond donors (Lipinski definition) is 2. The van der Waals surface area contributed by atoms with E-state index in [1.165, 1.54) is 29.5 Å². The molecule has 2 aliphatic carbocycles. The number of aromatic hydroxyl groups is 1. The summed E-state index contributed by atoms with van der Waals surface area (Å²) in [6.45, 7) is 0. The van der Waals surface area contributed by atoms with Crippen LogP contribution in [0.25, 0.3) is 0 Å². The lowest BCUT2D eigenvalue weighted by Crippen LogP contribution is -2.22. The van der Waals surface area contributed by atoms with Crippen molar-refractivity contribution >= 4 is 0 Å². The molecule has 1 aromatic carbocycles. The Morgan fingerprint density at radius 3 is 2.69 bits per heavy atom. The maximum atomic E-state index is 10.0. The van der Waals surface area contributed by atoms with Gasteiger partial charge in [-0.25, -0.2) is 0 Å². The molecule has 0 aromatic heterocycles. The lowest BCUT2D eigenvalue weighted by molar-refractivity contribution is 0.157. The zero-order valence-corrected chi connectivity index (χ0v) is 9.50. The van der Waals surface area contributed by atoms with Crippen molar-refractivity contribution in [2.24, 2.45) is 0 Å². The maximum Gasteiger partial charge on any atom is 0.119 e. The molecule has 0 radical (unpaired) electrons. The number of aliphatic hydroxyl groups excluding tert-OH is 1. The van der Waals surface area contributed by atoms with Gasteiger partial charge in [-0.05, 0) is 73.3 Å². The number of rotatable bonds is 0. The standard InChI is InChI=1S/C14H18O2/c15-10-5-6-12-13(8-10)11-4-2-1-3-9(11)7-14(12)16/h7,10,15-16H,1-6,8H2. The van der Waals surface area contributed by atoms with Gasteiger partial charge in [-0.3, -0.25) is 0 Å². The minimum atomic E-state index is -0.208. The van der Waals surface area contributed by atoms with Crippen LogP contribution in [0, 0.1) is 0 Å². The monoisotopic (exact) mass is 218 g/mol. The van der Waals surface area contributed by atoms with Crippen molar-refractivity contribution < 1.29 is 10.2 Å². The lowest BCUT2D eigenvalue weighted by Gasteiger charge is -2.28. The molecule has 2 heteroatoms. The summed E-state index contributed by atoms with van der Waals surface area (Å²) in [5.74, 6) is 0.461. The summed E-state index contributed by atoms with van der Waals surface area (Å²) in [6.07, 6.45) is 6.85. The number of fused-ring (bicyclic) bond motifs is 3. The molecule has 0 amide bonds. The van der Waals surface area contributed by atoms with E-state index < -0.39 is 0 Å². The van der Waals surface area contributed by atoms with E-state index in [2.05, 4.69) is 0 Å². The fourth-order valence-corrected chi connectivity index (χ4v) is 3.20. The largest absolute Gasteiger partial charge is 0.508 e. The SMILES string of the molecule is Oc1cc2c(c3c1CCC(O)C3)CCCC2. The first-order chi connectivity index (χ1) is 7.75. The van der Waals surface area contributed by atoms with Crippen LogP contribution >= 0.6 is 0 Å². The van der Waals surface area contributed by atoms with Crippen molar-refractivity contribution in [2.75, 3.05) is 0 Å². The van der Waals surface area contributed by atoms with Crippen molar-refractivity contribution in [2.45, 2.75) is 51.0 Å². The molecule has 0 fully saturated rings. The molecular weight excluding hydrogens is 200 g/mol. The van der Waals surface area contributed by atoms with Crippen molar-refractivity contribution in [3.63, 3.8) is 0 Å². The summed E-state index contributed by atoms with van der Waals surface area (Å²) in [4.78, 5) is 0. The van der Waals surface area contributed by atoms with Gasteiger partial charge in [0, 0.05) is 0 Å². The van der Waals surface area contributed by atoms with E-state index in [1.54, 1.807) is 0 Å². The first-order valence-corrected chi connectivity index (χ1v) is 6.29. The van der Waals surface area contributed by atoms with Crippen LogP contribution in [0.15, 0.2) is 6.07 Å². The van der Waals surface area contributed by atoms with Crippen LogP contribution < -0.4 is 0 Å². The van der Waals surface area contributed by atoms with Crippen molar-refractivity contribution in [1.29, 1.82) is 0 Å². The molecule has 3 rings (SSSR count). The zero-order chi connectivity index (χ0) is 11.1. The molecule has 2 aliphatic rings. The van der Waals surface area contributed by atoms with Crippen LogP contribution in [-0.4, -0.2) is 16.3 Å². The number of aliphatic hydroxyl groups is 1. The quantitative estimate of drug-likeness (QED) is 0.700. The van der Waals surface area contributed by atoms with E-state index in [1.807, 2.05) is 6.07 Å². The smallest absolute Gasteiger partial charge is 0.119 e. The molecule has 1 aromatic rings. The summed E-state index contributed by atoms with van der Waals surface area (Å²) in [6, 6.07) is 1.96. The van der Waals surface area contributed by atoms with E-state index in [0.717, 1.165) is 37.7 Å². The summed E-state index contributed by atoms with van der Waals surface area (Å²) in [5, 5.41) is 19.8. The highest BCUT2D eigenvalue weighted by Crippen LogP contribution is 2.37. The van der Waals surface area contributed by atoms with E-state index in [4.69, 9.17) is 0 Å². The average Bonchev–Trinajstić information content (AvgIpc) is 2.29. The normalized spacial score (nSPS) is 23.7. The minimum absolute atomic E-state index is 0.208. The summed E-state index contributed by atoms with van der Waals surface area (Å²) in [7, 11) is 0. The van der Waals surface area contributed by atoms with Gasteiger partial charge in [0.15, 0.2) is 0 Å². The molecule has 0 spiro atoms. The second kappa shape index (κ2) is 3.77. The zero-order valence-electron chi connectivity index (χ0n) is 9.50. The highest BCUT2D eigenvalue weighted by molar-refractivity contribution is 5.51. The maximum absolute atomic E-state index is 10.0. The fraction of sp³-hybridized carbons (Fsp3) is 0.571. The number of phenolic OH excluding ortho intramolecular Hbond substituents is 1. The lowest BCUT2D eigenvalue weighted by atomic mass is 9.79. The third-order valence-corrected chi connectivity index (χ3v) is 4.03. The summed E-state index contributed by atoms with van der Waals surface area (Å²) in [5.41, 5.74) is 5.11. The molecule has 0 aliphatic heterocycles. The number of aryl methyl sites for hydroxylation is 1. The van der Waals surface area contributed by atoms with E-state index in [0.29, 0.717) is 5.75 Å². The van der Waals surface area contributed by atoms with E-state index >= 15 is 0 Å². The first-order valence-electron chi connectivity index (χ1n) is 6.29. The number of phenols is 1. The average molecular weight is 218 g/mol. The van der Waals surface area contributed by atoms with Gasteiger partial charge < -0.3 is 10.2 Å². The van der Waals surface area contributed by atoms with Crippen molar-refractivity contribution in [3.8, 4) is 5.75 Å². The Hall–Kier alpha value is -1.02. The van der Waals surface area contributed by atoms with Crippen molar-refractivity contribution in [1.82, 2.24) is 0 Å². The van der Waals surface area contributed by atoms with Gasteiger partial charge in [0.1, 0.15) is 5.75 Å². The van der Waals surface area contributed by atoms with Crippen molar-refractivity contribution in [3.05, 3.63) is 28.3 Å². The van der Waals surface area contributed by atoms with Gasteiger partial charge in [0.05, 0.1) is 6.10 Å². The molecule has 16 heavy (non-hydrogen) atoms. The van der Waals surface area contributed by atoms with Gasteiger partial charge in [0.2, 0.25) is 0 Å². The molecule has 0 bridgehead atoms. The molecule has 0 saturated carbocycles. The fourth-order valence-electron chi connectivity index (χ4n) is 3.20. The first kappa shape index (κ1) is 10.2. The molecule has 2 N–H and O–H groups in total. The number of benzene rings is 1.